The van der Waals surface area contributed by atoms with Crippen molar-refractivity contribution < 1.29 is 28.6 Å². The normalized spacial score (nSPS) is 20.8. The molecule has 1 N–H and O–H groups in total. The summed E-state index contributed by atoms with van der Waals surface area (Å²) in [6, 6.07) is 10.4. The molecule has 0 saturated carbocycles. The maximum absolute atomic E-state index is 13.5. The lowest BCUT2D eigenvalue weighted by atomic mass is 9.88. The molecule has 2 aromatic carbocycles. The van der Waals surface area contributed by atoms with Crippen LogP contribution < -0.4 is 9.47 Å². The molecule has 0 amide bonds. The van der Waals surface area contributed by atoms with Gasteiger partial charge in [0, 0.05) is 32.7 Å². The van der Waals surface area contributed by atoms with Gasteiger partial charge >= 0.3 is 5.97 Å². The number of hydrogen-bond acceptors (Lipinski definition) is 7. The van der Waals surface area contributed by atoms with Crippen molar-refractivity contribution in [3.63, 3.8) is 0 Å². The van der Waals surface area contributed by atoms with Crippen LogP contribution in [0.3, 0.4) is 0 Å². The number of ether oxygens (including phenoxy) is 2. The van der Waals surface area contributed by atoms with Gasteiger partial charge in [0.2, 0.25) is 0 Å². The van der Waals surface area contributed by atoms with Crippen LogP contribution >= 0.6 is 0 Å². The third-order valence-corrected chi connectivity index (χ3v) is 7.25. The Morgan fingerprint density at radius 1 is 1.16 bits per heavy atom. The number of piperidine rings is 1. The van der Waals surface area contributed by atoms with Gasteiger partial charge in [-0.2, -0.15) is 0 Å². The zero-order valence-corrected chi connectivity index (χ0v) is 21.4. The van der Waals surface area contributed by atoms with Crippen molar-refractivity contribution in [1.82, 2.24) is 9.80 Å². The number of rotatable bonds is 8. The second-order valence-corrected chi connectivity index (χ2v) is 10.1. The number of benzene rings is 2. The van der Waals surface area contributed by atoms with Gasteiger partial charge in [0.25, 0.3) is 0 Å². The Hall–Kier alpha value is -3.33. The number of carboxylic acid groups (broad SMARTS) is 1. The number of hydrogen-bond donors (Lipinski definition) is 1. The summed E-state index contributed by atoms with van der Waals surface area (Å²) in [5, 5.41) is 13.7. The highest BCUT2D eigenvalue weighted by molar-refractivity contribution is 5.85. The Labute approximate surface area is 216 Å². The summed E-state index contributed by atoms with van der Waals surface area (Å²) in [7, 11) is 0. The van der Waals surface area contributed by atoms with E-state index in [0.717, 1.165) is 48.6 Å². The van der Waals surface area contributed by atoms with Crippen LogP contribution in [0.4, 0.5) is 4.39 Å². The highest BCUT2D eigenvalue weighted by atomic mass is 19.1. The molecular weight excluding hydrogens is 477 g/mol. The molecule has 2 fully saturated rings. The van der Waals surface area contributed by atoms with Gasteiger partial charge in [-0.05, 0) is 62.1 Å². The average Bonchev–Trinajstić information content (AvgIpc) is 3.31. The molecule has 0 aliphatic carbocycles. The average molecular weight is 512 g/mol. The van der Waals surface area contributed by atoms with E-state index in [-0.39, 0.29) is 17.3 Å². The summed E-state index contributed by atoms with van der Waals surface area (Å²) in [5.74, 6) is 0.926. The minimum absolute atomic E-state index is 0.286. The first-order valence-corrected chi connectivity index (χ1v) is 13.0. The fourth-order valence-corrected chi connectivity index (χ4v) is 5.57. The van der Waals surface area contributed by atoms with Crippen molar-refractivity contribution in [3.8, 4) is 22.6 Å². The van der Waals surface area contributed by atoms with Gasteiger partial charge in [-0.15, -0.1) is 0 Å². The van der Waals surface area contributed by atoms with Crippen LogP contribution in [0, 0.1) is 11.7 Å². The van der Waals surface area contributed by atoms with Gasteiger partial charge in [0.1, 0.15) is 23.2 Å². The first kappa shape index (κ1) is 25.3. The van der Waals surface area contributed by atoms with E-state index in [1.54, 1.807) is 12.1 Å². The van der Waals surface area contributed by atoms with E-state index in [2.05, 4.69) is 15.0 Å². The van der Waals surface area contributed by atoms with Crippen LogP contribution in [0.1, 0.15) is 38.7 Å². The minimum Gasteiger partial charge on any atom is -0.493 e. The van der Waals surface area contributed by atoms with Gasteiger partial charge in [-0.3, -0.25) is 9.69 Å². The Balaban J connectivity index is 1.26. The fraction of sp³-hybridized carbons (Fsp3) is 0.500. The van der Waals surface area contributed by atoms with Crippen molar-refractivity contribution in [2.75, 3.05) is 39.4 Å². The number of carboxylic acids is 1. The molecule has 0 bridgehead atoms. The molecule has 37 heavy (non-hydrogen) atoms. The number of oxime groups is 1. The van der Waals surface area contributed by atoms with Crippen molar-refractivity contribution >= 4 is 11.8 Å². The molecule has 0 aromatic heterocycles. The zero-order chi connectivity index (χ0) is 26.0. The van der Waals surface area contributed by atoms with E-state index >= 15 is 0 Å². The minimum atomic E-state index is -0.739. The summed E-state index contributed by atoms with van der Waals surface area (Å²) in [5.41, 5.74) is 2.39. The lowest BCUT2D eigenvalue weighted by Gasteiger charge is -2.45. The van der Waals surface area contributed by atoms with Crippen LogP contribution in [0.25, 0.3) is 11.1 Å². The molecule has 2 aromatic rings. The fourth-order valence-electron chi connectivity index (χ4n) is 5.57. The van der Waals surface area contributed by atoms with Crippen LogP contribution in [-0.2, 0) is 16.2 Å². The maximum atomic E-state index is 13.5. The van der Waals surface area contributed by atoms with Crippen LogP contribution in [0.2, 0.25) is 0 Å². The largest absolute Gasteiger partial charge is 0.493 e. The van der Waals surface area contributed by atoms with E-state index in [1.807, 2.05) is 26.0 Å². The third kappa shape index (κ3) is 5.37. The van der Waals surface area contributed by atoms with Crippen molar-refractivity contribution in [1.29, 1.82) is 0 Å². The number of likely N-dealkylation sites (tertiary alicyclic amines) is 2. The molecule has 2 saturated heterocycles. The summed E-state index contributed by atoms with van der Waals surface area (Å²) >= 11 is 0. The van der Waals surface area contributed by atoms with Gasteiger partial charge in [0.15, 0.2) is 5.60 Å². The molecule has 8 nitrogen and oxygen atoms in total. The van der Waals surface area contributed by atoms with E-state index in [9.17, 15) is 14.3 Å². The van der Waals surface area contributed by atoms with E-state index in [1.165, 1.54) is 12.1 Å². The topological polar surface area (TPSA) is 83.8 Å². The Morgan fingerprint density at radius 3 is 2.46 bits per heavy atom. The van der Waals surface area contributed by atoms with Gasteiger partial charge in [-0.1, -0.05) is 17.3 Å². The number of carbonyl (C=O) groups is 1. The Kier molecular flexibility index (Phi) is 7.24. The molecule has 1 spiro atoms. The van der Waals surface area contributed by atoms with E-state index < -0.39 is 5.97 Å². The first-order valence-electron chi connectivity index (χ1n) is 13.0. The molecule has 3 heterocycles. The van der Waals surface area contributed by atoms with Crippen LogP contribution in [0.5, 0.6) is 11.5 Å². The van der Waals surface area contributed by atoms with Crippen LogP contribution in [0.15, 0.2) is 41.6 Å². The molecule has 198 valence electrons. The molecule has 3 aliphatic rings. The molecule has 1 atom stereocenters. The lowest BCUT2D eigenvalue weighted by Crippen LogP contribution is -2.61. The third-order valence-electron chi connectivity index (χ3n) is 7.25. The summed E-state index contributed by atoms with van der Waals surface area (Å²) in [4.78, 5) is 21.7. The lowest BCUT2D eigenvalue weighted by molar-refractivity contribution is -0.143. The molecule has 1 unspecified atom stereocenters. The van der Waals surface area contributed by atoms with E-state index in [0.29, 0.717) is 50.6 Å². The first-order chi connectivity index (χ1) is 17.9. The molecular formula is C28H34FN3O5. The second kappa shape index (κ2) is 10.6. The predicted molar refractivity (Wildman–Crippen MR) is 137 cm³/mol. The second-order valence-electron chi connectivity index (χ2n) is 10.1. The summed E-state index contributed by atoms with van der Waals surface area (Å²) in [6.45, 7) is 8.40. The van der Waals surface area contributed by atoms with Gasteiger partial charge in [-0.25, -0.2) is 4.39 Å². The van der Waals surface area contributed by atoms with Gasteiger partial charge in [0.05, 0.1) is 31.1 Å². The van der Waals surface area contributed by atoms with Gasteiger partial charge < -0.3 is 24.3 Å². The SMILES string of the molecule is CCOc1cc(CN2CC3(CC(N4CCCC(C(=O)O)C4)=NO3)C2)cc(OCC)c1-c1ccc(F)cc1. The van der Waals surface area contributed by atoms with Crippen LogP contribution in [-0.4, -0.2) is 71.7 Å². The summed E-state index contributed by atoms with van der Waals surface area (Å²) < 4.78 is 25.5. The number of nitrogens with zero attached hydrogens (tertiary/aromatic N) is 3. The smallest absolute Gasteiger partial charge is 0.308 e. The standard InChI is InChI=1S/C28H34FN3O5/c1-3-35-23-12-19(13-24(36-4-2)26(23)20-7-9-22(29)10-8-20)15-31-17-28(18-31)14-25(30-37-28)32-11-5-6-21(16-32)27(33)34/h7-10,12-13,21H,3-6,11,14-18H2,1-2H3,(H,33,34). The van der Waals surface area contributed by atoms with E-state index in [4.69, 9.17) is 14.3 Å². The Bertz CT molecular complexity index is 1140. The predicted octanol–water partition coefficient (Wildman–Crippen LogP) is 4.37. The number of amidine groups is 1. The quantitative estimate of drug-likeness (QED) is 0.563. The van der Waals surface area contributed by atoms with Crippen molar-refractivity contribution in [2.45, 2.75) is 45.3 Å². The molecule has 0 radical (unpaired) electrons. The highest BCUT2D eigenvalue weighted by Crippen LogP contribution is 2.42. The number of halogens is 1. The molecule has 9 heteroatoms. The zero-order valence-electron chi connectivity index (χ0n) is 21.4. The molecule has 5 rings (SSSR count). The van der Waals surface area contributed by atoms with Crippen molar-refractivity contribution in [3.05, 3.63) is 47.8 Å². The maximum Gasteiger partial charge on any atom is 0.308 e. The Morgan fingerprint density at radius 2 is 1.84 bits per heavy atom. The summed E-state index contributed by atoms with van der Waals surface area (Å²) in [6.07, 6.45) is 2.27. The number of aliphatic carboxylic acids is 1. The monoisotopic (exact) mass is 511 g/mol. The molecule has 3 aliphatic heterocycles. The van der Waals surface area contributed by atoms with Crippen molar-refractivity contribution in [2.24, 2.45) is 11.1 Å². The highest BCUT2D eigenvalue weighted by Gasteiger charge is 2.51.